The smallest absolute Gasteiger partial charge is 0.305 e. The molecule has 15 heavy (non-hydrogen) atoms. The van der Waals surface area contributed by atoms with Crippen molar-refractivity contribution in [3.8, 4) is 0 Å². The lowest BCUT2D eigenvalue weighted by Gasteiger charge is -2.21. The van der Waals surface area contributed by atoms with E-state index < -0.39 is 15.7 Å². The van der Waals surface area contributed by atoms with Gasteiger partial charge in [0.1, 0.15) is 4.33 Å². The Hall–Kier alpha value is -0.480. The van der Waals surface area contributed by atoms with Crippen molar-refractivity contribution in [2.24, 2.45) is 5.41 Å². The molecule has 0 spiro atoms. The number of aliphatic carboxylic acids is 1. The zero-order valence-electron chi connectivity index (χ0n) is 8.59. The van der Waals surface area contributed by atoms with Crippen molar-refractivity contribution in [3.63, 3.8) is 0 Å². The summed E-state index contributed by atoms with van der Waals surface area (Å²) in [6.07, 6.45) is 0.343. The van der Waals surface area contributed by atoms with Gasteiger partial charge >= 0.3 is 5.97 Å². The Labute approximate surface area is 98.1 Å². The normalized spacial score (nSPS) is 27.2. The molecule has 1 N–H and O–H groups in total. The molecular formula is C9H13Cl2NO3. The van der Waals surface area contributed by atoms with Gasteiger partial charge in [0.25, 0.3) is 0 Å². The first-order valence-electron chi connectivity index (χ1n) is 4.56. The Bertz CT molecular complexity index is 306. The number of carbonyl (C=O) groups excluding carboxylic acids is 1. The predicted octanol–water partition coefficient (Wildman–Crippen LogP) is 1.50. The van der Waals surface area contributed by atoms with Gasteiger partial charge in [0, 0.05) is 13.6 Å². The predicted molar refractivity (Wildman–Crippen MR) is 57.1 cm³/mol. The van der Waals surface area contributed by atoms with Gasteiger partial charge in [-0.3, -0.25) is 9.59 Å². The summed E-state index contributed by atoms with van der Waals surface area (Å²) in [4.78, 5) is 23.5. The third-order valence-corrected chi connectivity index (χ3v) is 3.84. The highest BCUT2D eigenvalue weighted by Crippen LogP contribution is 2.64. The Balaban J connectivity index is 2.52. The van der Waals surface area contributed by atoms with Crippen LogP contribution in [0.15, 0.2) is 0 Å². The fourth-order valence-corrected chi connectivity index (χ4v) is 2.11. The lowest BCUT2D eigenvalue weighted by atomic mass is 10.1. The second-order valence-corrected chi connectivity index (χ2v) is 5.57. The lowest BCUT2D eigenvalue weighted by molar-refractivity contribution is -0.139. The molecule has 0 saturated heterocycles. The van der Waals surface area contributed by atoms with Crippen LogP contribution in [-0.2, 0) is 9.59 Å². The lowest BCUT2D eigenvalue weighted by Crippen LogP contribution is -2.36. The molecule has 0 bridgehead atoms. The highest BCUT2D eigenvalue weighted by Gasteiger charge is 2.68. The average Bonchev–Trinajstić information content (AvgIpc) is 2.62. The first kappa shape index (κ1) is 12.6. The summed E-state index contributed by atoms with van der Waals surface area (Å²) < 4.78 is -0.998. The average molecular weight is 254 g/mol. The van der Waals surface area contributed by atoms with Crippen LogP contribution in [0.4, 0.5) is 0 Å². The van der Waals surface area contributed by atoms with E-state index in [1.54, 1.807) is 14.0 Å². The molecule has 0 heterocycles. The van der Waals surface area contributed by atoms with Gasteiger partial charge < -0.3 is 10.0 Å². The van der Waals surface area contributed by atoms with Crippen LogP contribution in [0.3, 0.4) is 0 Å². The van der Waals surface area contributed by atoms with Gasteiger partial charge in [-0.2, -0.15) is 0 Å². The summed E-state index contributed by atoms with van der Waals surface area (Å²) in [6.45, 7) is 1.86. The minimum Gasteiger partial charge on any atom is -0.481 e. The molecule has 0 aromatic rings. The summed E-state index contributed by atoms with van der Waals surface area (Å²) in [5, 5.41) is 8.48. The maximum absolute atomic E-state index is 11.8. The minimum atomic E-state index is -0.998. The molecule has 0 aromatic carbocycles. The molecule has 0 aliphatic heterocycles. The molecule has 1 fully saturated rings. The van der Waals surface area contributed by atoms with Crippen molar-refractivity contribution >= 4 is 35.1 Å². The molecular weight excluding hydrogens is 241 g/mol. The molecule has 1 aliphatic rings. The number of amides is 1. The highest BCUT2D eigenvalue weighted by atomic mass is 35.5. The van der Waals surface area contributed by atoms with E-state index in [9.17, 15) is 9.59 Å². The van der Waals surface area contributed by atoms with Gasteiger partial charge in [0.15, 0.2) is 0 Å². The standard InChI is InChI=1S/C9H13Cl2NO3/c1-8(5-9(8,10)11)7(15)12(2)4-3-6(13)14/h3-5H2,1-2H3,(H,13,14). The number of hydrogen-bond acceptors (Lipinski definition) is 2. The number of hydrogen-bond donors (Lipinski definition) is 1. The molecule has 4 nitrogen and oxygen atoms in total. The SMILES string of the molecule is CN(CCC(=O)O)C(=O)C1(C)CC1(Cl)Cl. The zero-order chi connectivity index (χ0) is 11.9. The largest absolute Gasteiger partial charge is 0.481 e. The fraction of sp³-hybridized carbons (Fsp3) is 0.778. The number of carbonyl (C=O) groups is 2. The maximum Gasteiger partial charge on any atom is 0.305 e. The molecule has 1 amide bonds. The van der Waals surface area contributed by atoms with E-state index in [4.69, 9.17) is 28.3 Å². The van der Waals surface area contributed by atoms with Crippen LogP contribution >= 0.6 is 23.2 Å². The van der Waals surface area contributed by atoms with Crippen molar-refractivity contribution < 1.29 is 14.7 Å². The summed E-state index contributed by atoms with van der Waals surface area (Å²) in [7, 11) is 1.55. The van der Waals surface area contributed by atoms with Gasteiger partial charge in [-0.15, -0.1) is 23.2 Å². The summed E-state index contributed by atoms with van der Waals surface area (Å²) in [6, 6.07) is 0. The molecule has 1 unspecified atom stereocenters. The number of carboxylic acid groups (broad SMARTS) is 1. The highest BCUT2D eigenvalue weighted by molar-refractivity contribution is 6.53. The summed E-state index contributed by atoms with van der Waals surface area (Å²) in [5.74, 6) is -1.13. The third-order valence-electron chi connectivity index (χ3n) is 2.74. The first-order valence-corrected chi connectivity index (χ1v) is 5.31. The number of rotatable bonds is 4. The molecule has 86 valence electrons. The Morgan fingerprint density at radius 2 is 1.93 bits per heavy atom. The van der Waals surface area contributed by atoms with Crippen molar-refractivity contribution in [2.75, 3.05) is 13.6 Å². The molecule has 0 aromatic heterocycles. The van der Waals surface area contributed by atoms with Gasteiger partial charge in [-0.1, -0.05) is 0 Å². The van der Waals surface area contributed by atoms with E-state index in [1.807, 2.05) is 0 Å². The van der Waals surface area contributed by atoms with Gasteiger partial charge in [-0.05, 0) is 13.3 Å². The van der Waals surface area contributed by atoms with E-state index in [2.05, 4.69) is 0 Å². The van der Waals surface area contributed by atoms with Crippen LogP contribution in [0, 0.1) is 5.41 Å². The van der Waals surface area contributed by atoms with E-state index in [-0.39, 0.29) is 18.9 Å². The second kappa shape index (κ2) is 3.83. The van der Waals surface area contributed by atoms with Crippen LogP contribution in [0.2, 0.25) is 0 Å². The van der Waals surface area contributed by atoms with Crippen LogP contribution in [0.1, 0.15) is 19.8 Å². The van der Waals surface area contributed by atoms with Crippen molar-refractivity contribution in [2.45, 2.75) is 24.1 Å². The molecule has 1 rings (SSSR count). The zero-order valence-corrected chi connectivity index (χ0v) is 10.1. The van der Waals surface area contributed by atoms with Crippen LogP contribution < -0.4 is 0 Å². The van der Waals surface area contributed by atoms with Crippen LogP contribution in [0.25, 0.3) is 0 Å². The van der Waals surface area contributed by atoms with Crippen molar-refractivity contribution in [1.29, 1.82) is 0 Å². The number of halogens is 2. The van der Waals surface area contributed by atoms with Crippen molar-refractivity contribution in [3.05, 3.63) is 0 Å². The summed E-state index contributed by atoms with van der Waals surface area (Å²) in [5.41, 5.74) is -0.761. The number of carboxylic acids is 1. The van der Waals surface area contributed by atoms with Crippen molar-refractivity contribution in [1.82, 2.24) is 4.90 Å². The second-order valence-electron chi connectivity index (χ2n) is 4.08. The molecule has 1 saturated carbocycles. The van der Waals surface area contributed by atoms with Gasteiger partial charge in [0.05, 0.1) is 11.8 Å². The Kier molecular flexibility index (Phi) is 3.22. The van der Waals surface area contributed by atoms with E-state index in [0.717, 1.165) is 0 Å². The van der Waals surface area contributed by atoms with Gasteiger partial charge in [0.2, 0.25) is 5.91 Å². The Morgan fingerprint density at radius 3 is 2.27 bits per heavy atom. The third kappa shape index (κ3) is 2.37. The maximum atomic E-state index is 11.8. The monoisotopic (exact) mass is 253 g/mol. The molecule has 1 atom stereocenters. The summed E-state index contributed by atoms with van der Waals surface area (Å²) >= 11 is 11.7. The number of alkyl halides is 2. The Morgan fingerprint density at radius 1 is 1.47 bits per heavy atom. The fourth-order valence-electron chi connectivity index (χ4n) is 1.42. The number of nitrogens with zero attached hydrogens (tertiary/aromatic N) is 1. The first-order chi connectivity index (χ1) is 6.71. The van der Waals surface area contributed by atoms with E-state index in [0.29, 0.717) is 6.42 Å². The molecule has 0 radical (unpaired) electrons. The topological polar surface area (TPSA) is 57.6 Å². The minimum absolute atomic E-state index is 0.0735. The van der Waals surface area contributed by atoms with Crippen LogP contribution in [-0.4, -0.2) is 39.8 Å². The van der Waals surface area contributed by atoms with Crippen LogP contribution in [0.5, 0.6) is 0 Å². The van der Waals surface area contributed by atoms with Gasteiger partial charge in [-0.25, -0.2) is 0 Å². The molecule has 1 aliphatic carbocycles. The quantitative estimate of drug-likeness (QED) is 0.773. The van der Waals surface area contributed by atoms with E-state index >= 15 is 0 Å². The van der Waals surface area contributed by atoms with E-state index in [1.165, 1.54) is 4.90 Å². The molecule has 6 heteroatoms.